The lowest BCUT2D eigenvalue weighted by molar-refractivity contribution is -0.145. The third-order valence-electron chi connectivity index (χ3n) is 3.79. The second kappa shape index (κ2) is 7.23. The highest BCUT2D eigenvalue weighted by molar-refractivity contribution is 8.04. The van der Waals surface area contributed by atoms with Gasteiger partial charge in [0.05, 0.1) is 11.8 Å². The Hall–Kier alpha value is -2.06. The molecule has 8 heteroatoms. The van der Waals surface area contributed by atoms with Crippen LogP contribution in [0.4, 0.5) is 5.69 Å². The molecular formula is C16H17N3O3S2. The van der Waals surface area contributed by atoms with Crippen LogP contribution in [-0.4, -0.2) is 38.9 Å². The zero-order valence-electron chi connectivity index (χ0n) is 12.8. The zero-order chi connectivity index (χ0) is 17.1. The molecule has 126 valence electrons. The molecular weight excluding hydrogens is 346 g/mol. The minimum Gasteiger partial charge on any atom is -0.477 e. The number of thiocarbonyl (C=S) groups is 1. The second-order valence-electron chi connectivity index (χ2n) is 5.47. The molecule has 0 radical (unpaired) electrons. The molecule has 24 heavy (non-hydrogen) atoms. The van der Waals surface area contributed by atoms with Gasteiger partial charge in [-0.2, -0.15) is 0 Å². The number of aliphatic carboxylic acids is 1. The first-order valence-electron chi connectivity index (χ1n) is 7.61. The molecule has 0 bridgehead atoms. The number of fused-ring (bicyclic) bond motifs is 1. The summed E-state index contributed by atoms with van der Waals surface area (Å²) in [6.45, 7) is 0.633. The number of allylic oxidation sites excluding steroid dienone is 1. The minimum atomic E-state index is -1.03. The van der Waals surface area contributed by atoms with Gasteiger partial charge in [0, 0.05) is 17.1 Å². The van der Waals surface area contributed by atoms with Crippen LogP contribution in [0.1, 0.15) is 19.3 Å². The van der Waals surface area contributed by atoms with Gasteiger partial charge in [-0.1, -0.05) is 18.2 Å². The molecule has 1 aromatic rings. The van der Waals surface area contributed by atoms with Gasteiger partial charge in [-0.25, -0.2) is 4.79 Å². The molecule has 1 amide bonds. The van der Waals surface area contributed by atoms with Crippen LogP contribution >= 0.6 is 24.0 Å². The number of rotatable bonds is 6. The van der Waals surface area contributed by atoms with Crippen LogP contribution in [-0.2, 0) is 9.59 Å². The molecule has 6 nitrogen and oxygen atoms in total. The fraction of sp³-hybridized carbons (Fsp3) is 0.312. The van der Waals surface area contributed by atoms with Crippen LogP contribution in [0, 0.1) is 0 Å². The van der Waals surface area contributed by atoms with Crippen molar-refractivity contribution in [3.05, 3.63) is 40.9 Å². The lowest BCUT2D eigenvalue weighted by Crippen LogP contribution is -2.48. The fourth-order valence-corrected chi connectivity index (χ4v) is 4.31. The zero-order valence-corrected chi connectivity index (χ0v) is 14.5. The van der Waals surface area contributed by atoms with E-state index in [1.54, 1.807) is 0 Å². The molecule has 2 heterocycles. The number of carbonyl (C=O) groups is 2. The van der Waals surface area contributed by atoms with Crippen LogP contribution in [0.3, 0.4) is 0 Å². The van der Waals surface area contributed by atoms with E-state index in [1.165, 1.54) is 16.7 Å². The van der Waals surface area contributed by atoms with Gasteiger partial charge in [0.1, 0.15) is 5.70 Å². The van der Waals surface area contributed by atoms with E-state index in [-0.39, 0.29) is 17.0 Å². The summed E-state index contributed by atoms with van der Waals surface area (Å²) in [6, 6.07) is 9.63. The molecule has 2 aliphatic rings. The smallest absolute Gasteiger partial charge is 0.353 e. The number of anilines is 1. The number of nitrogens with zero attached hydrogens (tertiary/aromatic N) is 1. The van der Waals surface area contributed by atoms with Crippen molar-refractivity contribution in [1.29, 1.82) is 0 Å². The predicted octanol–water partition coefficient (Wildman–Crippen LogP) is 2.35. The molecule has 0 aromatic heterocycles. The monoisotopic (exact) mass is 363 g/mol. The van der Waals surface area contributed by atoms with E-state index in [1.807, 2.05) is 30.3 Å². The SMILES string of the molecule is O=C(O)C1=C(CCCNC(=S)Nc2ccccc2)S[C@H]2CC(=O)N12. The molecule has 0 spiro atoms. The van der Waals surface area contributed by atoms with Gasteiger partial charge < -0.3 is 15.7 Å². The molecule has 0 aliphatic carbocycles. The Labute approximate surface area is 149 Å². The van der Waals surface area contributed by atoms with Crippen LogP contribution in [0.5, 0.6) is 0 Å². The first-order valence-corrected chi connectivity index (χ1v) is 8.90. The van der Waals surface area contributed by atoms with Gasteiger partial charge in [0.2, 0.25) is 5.91 Å². The third kappa shape index (κ3) is 3.54. The number of thioether (sulfide) groups is 1. The quantitative estimate of drug-likeness (QED) is 0.407. The Kier molecular flexibility index (Phi) is 5.06. The Morgan fingerprint density at radius 3 is 2.79 bits per heavy atom. The lowest BCUT2D eigenvalue weighted by atomic mass is 10.1. The molecule has 0 unspecified atom stereocenters. The average molecular weight is 363 g/mol. The van der Waals surface area contributed by atoms with Gasteiger partial charge in [0.25, 0.3) is 0 Å². The van der Waals surface area contributed by atoms with Crippen molar-refractivity contribution in [3.8, 4) is 0 Å². The molecule has 2 aliphatic heterocycles. The van der Waals surface area contributed by atoms with Crippen molar-refractivity contribution in [3.63, 3.8) is 0 Å². The number of hydrogen-bond acceptors (Lipinski definition) is 4. The highest BCUT2D eigenvalue weighted by Crippen LogP contribution is 2.47. The third-order valence-corrected chi connectivity index (χ3v) is 5.37. The Bertz CT molecular complexity index is 706. The van der Waals surface area contributed by atoms with Crippen LogP contribution in [0.25, 0.3) is 0 Å². The molecule has 1 aromatic carbocycles. The first-order chi connectivity index (χ1) is 11.6. The number of carboxylic acids is 1. The molecule has 1 saturated heterocycles. The van der Waals surface area contributed by atoms with Gasteiger partial charge in [-0.15, -0.1) is 11.8 Å². The maximum absolute atomic E-state index is 11.5. The summed E-state index contributed by atoms with van der Waals surface area (Å²) in [5.41, 5.74) is 1.08. The van der Waals surface area contributed by atoms with E-state index < -0.39 is 5.97 Å². The number of benzene rings is 1. The molecule has 1 atom stereocenters. The predicted molar refractivity (Wildman–Crippen MR) is 97.4 cm³/mol. The minimum absolute atomic E-state index is 0.0209. The van der Waals surface area contributed by atoms with Crippen LogP contribution < -0.4 is 10.6 Å². The van der Waals surface area contributed by atoms with Crippen molar-refractivity contribution in [2.75, 3.05) is 11.9 Å². The second-order valence-corrected chi connectivity index (χ2v) is 7.15. The maximum atomic E-state index is 11.5. The molecule has 0 saturated carbocycles. The summed E-state index contributed by atoms with van der Waals surface area (Å²) in [5.74, 6) is -1.13. The standard InChI is InChI=1S/C16H17N3O3S2/c20-12-9-13-19(12)14(15(21)22)11(24-13)7-4-8-17-16(23)18-10-5-2-1-3-6-10/h1-3,5-6,13H,4,7-9H2,(H,21,22)(H2,17,18,23)/t13-/m0/s1. The average Bonchev–Trinajstić information content (AvgIpc) is 2.85. The van der Waals surface area contributed by atoms with Crippen molar-refractivity contribution >= 4 is 46.7 Å². The van der Waals surface area contributed by atoms with Crippen LogP contribution in [0.2, 0.25) is 0 Å². The molecule has 3 rings (SSSR count). The van der Waals surface area contributed by atoms with E-state index in [0.29, 0.717) is 24.5 Å². The van der Waals surface area contributed by atoms with Gasteiger partial charge in [-0.3, -0.25) is 9.69 Å². The van der Waals surface area contributed by atoms with Crippen molar-refractivity contribution in [2.24, 2.45) is 0 Å². The van der Waals surface area contributed by atoms with Crippen molar-refractivity contribution in [1.82, 2.24) is 10.2 Å². The Balaban J connectivity index is 1.46. The maximum Gasteiger partial charge on any atom is 0.353 e. The Morgan fingerprint density at radius 1 is 1.38 bits per heavy atom. The lowest BCUT2D eigenvalue weighted by Gasteiger charge is -2.33. The summed E-state index contributed by atoms with van der Waals surface area (Å²) in [7, 11) is 0. The molecule has 1 fully saturated rings. The number of amides is 1. The highest BCUT2D eigenvalue weighted by Gasteiger charge is 2.47. The van der Waals surface area contributed by atoms with Gasteiger partial charge in [0.15, 0.2) is 5.11 Å². The van der Waals surface area contributed by atoms with Gasteiger partial charge >= 0.3 is 5.97 Å². The van der Waals surface area contributed by atoms with Crippen molar-refractivity contribution in [2.45, 2.75) is 24.6 Å². The van der Waals surface area contributed by atoms with E-state index in [0.717, 1.165) is 17.0 Å². The summed E-state index contributed by atoms with van der Waals surface area (Å²) in [6.07, 6.45) is 1.78. The van der Waals surface area contributed by atoms with E-state index in [4.69, 9.17) is 12.2 Å². The fourth-order valence-electron chi connectivity index (χ4n) is 2.65. The van der Waals surface area contributed by atoms with E-state index in [2.05, 4.69) is 10.6 Å². The van der Waals surface area contributed by atoms with E-state index >= 15 is 0 Å². The van der Waals surface area contributed by atoms with Crippen molar-refractivity contribution < 1.29 is 14.7 Å². The summed E-state index contributed by atoms with van der Waals surface area (Å²) < 4.78 is 0. The normalized spacial score (nSPS) is 18.9. The number of β-lactam (4-membered cyclic amide) rings is 1. The highest BCUT2D eigenvalue weighted by atomic mass is 32.2. The first kappa shape index (κ1) is 16.8. The molecule has 3 N–H and O–H groups in total. The number of hydrogen-bond donors (Lipinski definition) is 3. The number of carboxylic acid groups (broad SMARTS) is 1. The van der Waals surface area contributed by atoms with E-state index in [9.17, 15) is 14.7 Å². The Morgan fingerprint density at radius 2 is 2.12 bits per heavy atom. The summed E-state index contributed by atoms with van der Waals surface area (Å²) >= 11 is 6.72. The number of carbonyl (C=O) groups excluding carboxylic acids is 1. The van der Waals surface area contributed by atoms with Crippen LogP contribution in [0.15, 0.2) is 40.9 Å². The summed E-state index contributed by atoms with van der Waals surface area (Å²) in [5, 5.41) is 16.0. The summed E-state index contributed by atoms with van der Waals surface area (Å²) in [4.78, 5) is 25.1. The number of nitrogens with one attached hydrogen (secondary N) is 2. The van der Waals surface area contributed by atoms with Gasteiger partial charge in [-0.05, 0) is 37.2 Å². The largest absolute Gasteiger partial charge is 0.477 e. The topological polar surface area (TPSA) is 81.7 Å². The number of para-hydroxylation sites is 1.